The molecule has 36 heavy (non-hydrogen) atoms. The number of amides is 4. The van der Waals surface area contributed by atoms with Crippen LogP contribution in [0.3, 0.4) is 0 Å². The second-order valence-corrected chi connectivity index (χ2v) is 8.73. The lowest BCUT2D eigenvalue weighted by atomic mass is 10.1. The van der Waals surface area contributed by atoms with Gasteiger partial charge in [-0.1, -0.05) is 18.2 Å². The van der Waals surface area contributed by atoms with Crippen molar-refractivity contribution in [1.82, 2.24) is 5.32 Å². The van der Waals surface area contributed by atoms with Crippen molar-refractivity contribution in [3.8, 4) is 17.2 Å². The van der Waals surface area contributed by atoms with Gasteiger partial charge in [0.1, 0.15) is 23.7 Å². The van der Waals surface area contributed by atoms with E-state index < -0.39 is 17.8 Å². The van der Waals surface area contributed by atoms with E-state index in [1.807, 2.05) is 22.6 Å². The van der Waals surface area contributed by atoms with E-state index in [9.17, 15) is 18.8 Å². The molecule has 1 aliphatic rings. The smallest absolute Gasteiger partial charge is 0.335 e. The molecule has 4 rings (SSSR count). The van der Waals surface area contributed by atoms with E-state index in [-0.39, 0.29) is 23.7 Å². The zero-order chi connectivity index (χ0) is 25.8. The number of hydrogen-bond donors (Lipinski definition) is 1. The van der Waals surface area contributed by atoms with Gasteiger partial charge in [0, 0.05) is 5.56 Å². The fourth-order valence-electron chi connectivity index (χ4n) is 3.52. The second kappa shape index (κ2) is 10.8. The van der Waals surface area contributed by atoms with Crippen LogP contribution < -0.4 is 24.4 Å². The fraction of sp³-hybridized carbons (Fsp3) is 0.115. The van der Waals surface area contributed by atoms with E-state index in [1.54, 1.807) is 42.5 Å². The van der Waals surface area contributed by atoms with Gasteiger partial charge in [-0.2, -0.15) is 0 Å². The molecule has 1 aliphatic heterocycles. The summed E-state index contributed by atoms with van der Waals surface area (Å²) >= 11 is 2.02. The van der Waals surface area contributed by atoms with Gasteiger partial charge in [-0.3, -0.25) is 14.9 Å². The molecule has 1 heterocycles. The van der Waals surface area contributed by atoms with E-state index in [2.05, 4.69) is 5.32 Å². The molecule has 1 N–H and O–H groups in total. The number of imide groups is 2. The minimum atomic E-state index is -0.851. The SMILES string of the molecule is COc1ccc(N2C(=O)NC(=O)/C(=C\c3cc(I)c(OCc4ccccc4F)c(OC)c3)C2=O)cc1. The number of barbiturate groups is 1. The lowest BCUT2D eigenvalue weighted by Gasteiger charge is -2.26. The molecule has 1 fully saturated rings. The van der Waals surface area contributed by atoms with Crippen LogP contribution in [0.5, 0.6) is 17.2 Å². The van der Waals surface area contributed by atoms with Crippen LogP contribution in [0.25, 0.3) is 6.08 Å². The average molecular weight is 602 g/mol. The molecule has 0 unspecified atom stereocenters. The third-order valence-corrected chi connectivity index (χ3v) is 6.13. The summed E-state index contributed by atoms with van der Waals surface area (Å²) in [5.74, 6) is -0.707. The quantitative estimate of drug-likeness (QED) is 0.240. The maximum Gasteiger partial charge on any atom is 0.335 e. The van der Waals surface area contributed by atoms with Crippen LogP contribution in [-0.4, -0.2) is 32.1 Å². The van der Waals surface area contributed by atoms with Crippen LogP contribution in [0.15, 0.2) is 66.2 Å². The minimum Gasteiger partial charge on any atom is -0.497 e. The number of carbonyl (C=O) groups is 3. The molecule has 0 radical (unpaired) electrons. The van der Waals surface area contributed by atoms with E-state index in [1.165, 1.54) is 38.5 Å². The fourth-order valence-corrected chi connectivity index (χ4v) is 4.30. The molecule has 10 heteroatoms. The Kier molecular flexibility index (Phi) is 7.53. The van der Waals surface area contributed by atoms with Crippen LogP contribution in [0, 0.1) is 9.39 Å². The highest BCUT2D eigenvalue weighted by Gasteiger charge is 2.36. The summed E-state index contributed by atoms with van der Waals surface area (Å²) in [6, 6.07) is 15.0. The van der Waals surface area contributed by atoms with Gasteiger partial charge >= 0.3 is 6.03 Å². The van der Waals surface area contributed by atoms with Crippen LogP contribution in [-0.2, 0) is 16.2 Å². The molecule has 1 saturated heterocycles. The van der Waals surface area contributed by atoms with E-state index in [4.69, 9.17) is 14.2 Å². The molecule has 8 nitrogen and oxygen atoms in total. The number of benzene rings is 3. The molecule has 0 saturated carbocycles. The van der Waals surface area contributed by atoms with Crippen LogP contribution >= 0.6 is 22.6 Å². The monoisotopic (exact) mass is 602 g/mol. The number of nitrogens with zero attached hydrogens (tertiary/aromatic N) is 1. The zero-order valence-corrected chi connectivity index (χ0v) is 21.4. The van der Waals surface area contributed by atoms with E-state index in [0.29, 0.717) is 31.9 Å². The normalized spacial score (nSPS) is 14.6. The zero-order valence-electron chi connectivity index (χ0n) is 19.2. The van der Waals surface area contributed by atoms with Gasteiger partial charge in [0.2, 0.25) is 0 Å². The number of rotatable bonds is 7. The van der Waals surface area contributed by atoms with Gasteiger partial charge in [-0.25, -0.2) is 14.1 Å². The molecule has 184 valence electrons. The first-order chi connectivity index (χ1) is 17.3. The van der Waals surface area contributed by atoms with E-state index in [0.717, 1.165) is 4.90 Å². The van der Waals surface area contributed by atoms with Crippen molar-refractivity contribution < 1.29 is 33.0 Å². The van der Waals surface area contributed by atoms with Crippen molar-refractivity contribution in [2.24, 2.45) is 0 Å². The summed E-state index contributed by atoms with van der Waals surface area (Å²) in [5.41, 5.74) is 0.899. The summed E-state index contributed by atoms with van der Waals surface area (Å²) in [7, 11) is 2.94. The Bertz CT molecular complexity index is 1370. The largest absolute Gasteiger partial charge is 0.497 e. The molecule has 0 bridgehead atoms. The maximum atomic E-state index is 14.0. The van der Waals surface area contributed by atoms with Crippen molar-refractivity contribution in [2.75, 3.05) is 19.1 Å². The topological polar surface area (TPSA) is 94.2 Å². The molecule has 0 atom stereocenters. The number of urea groups is 1. The first-order valence-corrected chi connectivity index (χ1v) is 11.7. The van der Waals surface area contributed by atoms with Crippen LogP contribution in [0.2, 0.25) is 0 Å². The Balaban J connectivity index is 1.64. The predicted octanol–water partition coefficient (Wildman–Crippen LogP) is 4.69. The minimum absolute atomic E-state index is 0.0146. The number of carbonyl (C=O) groups excluding carboxylic acids is 3. The highest BCUT2D eigenvalue weighted by Crippen LogP contribution is 2.36. The van der Waals surface area contributed by atoms with Gasteiger partial charge in [-0.15, -0.1) is 0 Å². The standard InChI is InChI=1S/C26H20FIN2O6/c1-34-18-9-7-17(8-10-18)30-25(32)19(24(31)29-26(30)33)11-15-12-21(28)23(22(13-15)35-2)36-14-16-5-3-4-6-20(16)27/h3-13H,14H2,1-2H3,(H,29,31,33)/b19-11+. The lowest BCUT2D eigenvalue weighted by Crippen LogP contribution is -2.54. The highest BCUT2D eigenvalue weighted by molar-refractivity contribution is 14.1. The number of anilines is 1. The molecule has 0 spiro atoms. The Hall–Kier alpha value is -3.93. The summed E-state index contributed by atoms with van der Waals surface area (Å²) in [5, 5.41) is 2.19. The molecule has 4 amide bonds. The molecule has 3 aromatic rings. The number of hydrogen-bond acceptors (Lipinski definition) is 6. The lowest BCUT2D eigenvalue weighted by molar-refractivity contribution is -0.122. The molecular formula is C26H20FIN2O6. The second-order valence-electron chi connectivity index (χ2n) is 7.57. The first kappa shape index (κ1) is 25.2. The first-order valence-electron chi connectivity index (χ1n) is 10.6. The van der Waals surface area contributed by atoms with Crippen LogP contribution in [0.4, 0.5) is 14.9 Å². The summed E-state index contributed by atoms with van der Waals surface area (Å²) in [6.07, 6.45) is 1.37. The Morgan fingerprint density at radius 2 is 1.72 bits per heavy atom. The Morgan fingerprint density at radius 1 is 1.00 bits per heavy atom. The van der Waals surface area contributed by atoms with Gasteiger partial charge in [0.15, 0.2) is 11.5 Å². The van der Waals surface area contributed by atoms with Crippen molar-refractivity contribution in [3.63, 3.8) is 0 Å². The predicted molar refractivity (Wildman–Crippen MR) is 138 cm³/mol. The Morgan fingerprint density at radius 3 is 2.39 bits per heavy atom. The third kappa shape index (κ3) is 5.18. The van der Waals surface area contributed by atoms with Crippen molar-refractivity contribution in [3.05, 3.63) is 86.8 Å². The summed E-state index contributed by atoms with van der Waals surface area (Å²) in [4.78, 5) is 39.0. The van der Waals surface area contributed by atoms with Crippen molar-refractivity contribution in [1.29, 1.82) is 0 Å². The number of methoxy groups -OCH3 is 2. The summed E-state index contributed by atoms with van der Waals surface area (Å²) in [6.45, 7) is -0.0146. The molecule has 0 aromatic heterocycles. The van der Waals surface area contributed by atoms with Gasteiger partial charge < -0.3 is 14.2 Å². The van der Waals surface area contributed by atoms with Gasteiger partial charge in [-0.05, 0) is 76.7 Å². The van der Waals surface area contributed by atoms with E-state index >= 15 is 0 Å². The highest BCUT2D eigenvalue weighted by atomic mass is 127. The number of ether oxygens (including phenoxy) is 3. The third-order valence-electron chi connectivity index (χ3n) is 5.32. The summed E-state index contributed by atoms with van der Waals surface area (Å²) < 4.78 is 30.9. The van der Waals surface area contributed by atoms with Gasteiger partial charge in [0.25, 0.3) is 11.8 Å². The Labute approximate surface area is 219 Å². The van der Waals surface area contributed by atoms with Gasteiger partial charge in [0.05, 0.1) is 23.5 Å². The molecule has 3 aromatic carbocycles. The maximum absolute atomic E-state index is 14.0. The average Bonchev–Trinajstić information content (AvgIpc) is 2.86. The molecular weight excluding hydrogens is 582 g/mol. The molecule has 0 aliphatic carbocycles. The van der Waals surface area contributed by atoms with Crippen molar-refractivity contribution in [2.45, 2.75) is 6.61 Å². The van der Waals surface area contributed by atoms with Crippen LogP contribution in [0.1, 0.15) is 11.1 Å². The van der Waals surface area contributed by atoms with Crippen molar-refractivity contribution >= 4 is 52.2 Å². The number of halogens is 2. The number of nitrogens with one attached hydrogen (secondary N) is 1.